The van der Waals surface area contributed by atoms with Crippen LogP contribution >= 0.6 is 0 Å². The minimum Gasteiger partial charge on any atom is -0.496 e. The van der Waals surface area contributed by atoms with E-state index in [9.17, 15) is 10.1 Å². The first kappa shape index (κ1) is 15.2. The van der Waals surface area contributed by atoms with E-state index in [1.807, 2.05) is 19.1 Å². The maximum Gasteiger partial charge on any atom is 0.154 e. The zero-order chi connectivity index (χ0) is 14.3. The molecule has 0 aliphatic rings. The molecule has 0 aliphatic carbocycles. The number of carbonyl (C=O) groups is 1. The van der Waals surface area contributed by atoms with Crippen LogP contribution < -0.4 is 4.74 Å². The van der Waals surface area contributed by atoms with Crippen LogP contribution in [-0.4, -0.2) is 12.9 Å². The first-order chi connectivity index (χ1) is 9.13. The van der Waals surface area contributed by atoms with E-state index >= 15 is 0 Å². The van der Waals surface area contributed by atoms with Gasteiger partial charge in [0.2, 0.25) is 0 Å². The summed E-state index contributed by atoms with van der Waals surface area (Å²) in [5.41, 5.74) is 1.73. The van der Waals surface area contributed by atoms with E-state index in [1.54, 1.807) is 13.2 Å². The lowest BCUT2D eigenvalue weighted by Crippen LogP contribution is -2.11. The van der Waals surface area contributed by atoms with Gasteiger partial charge in [-0.25, -0.2) is 0 Å². The van der Waals surface area contributed by atoms with Gasteiger partial charge in [0.25, 0.3) is 0 Å². The van der Waals surface area contributed by atoms with E-state index in [4.69, 9.17) is 4.74 Å². The Bertz CT molecular complexity index is 474. The lowest BCUT2D eigenvalue weighted by atomic mass is 9.92. The number of rotatable bonds is 7. The number of carbonyl (C=O) groups excluding carboxylic acids is 1. The van der Waals surface area contributed by atoms with Gasteiger partial charge in [0, 0.05) is 6.42 Å². The number of unbranched alkanes of at least 4 members (excludes halogenated alkanes) is 2. The molecule has 0 bridgehead atoms. The summed E-state index contributed by atoms with van der Waals surface area (Å²) in [7, 11) is 1.59. The second-order valence-electron chi connectivity index (χ2n) is 4.71. The maximum atomic E-state index is 12.1. The van der Waals surface area contributed by atoms with Gasteiger partial charge in [-0.05, 0) is 30.5 Å². The summed E-state index contributed by atoms with van der Waals surface area (Å²) in [6, 6.07) is 7.63. The molecule has 0 aliphatic heterocycles. The second-order valence-corrected chi connectivity index (χ2v) is 4.71. The van der Waals surface area contributed by atoms with Crippen molar-refractivity contribution in [2.75, 3.05) is 7.11 Å². The molecule has 1 aromatic rings. The number of methoxy groups -OCH3 is 1. The molecule has 0 aromatic heterocycles. The number of ketones is 1. The predicted molar refractivity (Wildman–Crippen MR) is 75.2 cm³/mol. The van der Waals surface area contributed by atoms with E-state index in [-0.39, 0.29) is 5.78 Å². The van der Waals surface area contributed by atoms with Crippen molar-refractivity contribution in [1.29, 1.82) is 5.26 Å². The Morgan fingerprint density at radius 3 is 2.74 bits per heavy atom. The molecule has 0 amide bonds. The average molecular weight is 259 g/mol. The summed E-state index contributed by atoms with van der Waals surface area (Å²) < 4.78 is 5.24. The minimum atomic E-state index is -0.675. The molecule has 0 fully saturated rings. The molecule has 0 spiro atoms. The van der Waals surface area contributed by atoms with Crippen molar-refractivity contribution < 1.29 is 9.53 Å². The molecule has 1 aromatic carbocycles. The van der Waals surface area contributed by atoms with Gasteiger partial charge in [0.1, 0.15) is 11.7 Å². The normalized spacial score (nSPS) is 11.7. The van der Waals surface area contributed by atoms with Crippen LogP contribution in [0.1, 0.15) is 49.7 Å². The number of Topliss-reactive ketones (excluding diaryl/α,β-unsaturated/α-hetero) is 1. The van der Waals surface area contributed by atoms with Crippen LogP contribution in [0.4, 0.5) is 0 Å². The van der Waals surface area contributed by atoms with Crippen LogP contribution in [0, 0.1) is 18.3 Å². The van der Waals surface area contributed by atoms with Crippen LogP contribution in [0.3, 0.4) is 0 Å². The summed E-state index contributed by atoms with van der Waals surface area (Å²) in [5.74, 6) is 0.0484. The molecule has 102 valence electrons. The van der Waals surface area contributed by atoms with Crippen molar-refractivity contribution >= 4 is 5.78 Å². The zero-order valence-corrected chi connectivity index (χ0v) is 11.9. The number of benzene rings is 1. The third kappa shape index (κ3) is 4.10. The highest BCUT2D eigenvalue weighted by Gasteiger charge is 2.20. The fourth-order valence-corrected chi connectivity index (χ4v) is 2.04. The highest BCUT2D eigenvalue weighted by Crippen LogP contribution is 2.26. The fourth-order valence-electron chi connectivity index (χ4n) is 2.04. The van der Waals surface area contributed by atoms with Crippen LogP contribution in [0.15, 0.2) is 18.2 Å². The molecular formula is C16H21NO2. The third-order valence-electron chi connectivity index (χ3n) is 3.24. The third-order valence-corrected chi connectivity index (χ3v) is 3.24. The molecule has 0 saturated carbocycles. The zero-order valence-electron chi connectivity index (χ0n) is 11.9. The van der Waals surface area contributed by atoms with E-state index in [1.165, 1.54) is 0 Å². The highest BCUT2D eigenvalue weighted by molar-refractivity contribution is 5.88. The number of aryl methyl sites for hydroxylation is 1. The molecule has 1 atom stereocenters. The SMILES string of the molecule is CCCCCC(=O)C(C#N)c1ccc(C)c(OC)c1. The van der Waals surface area contributed by atoms with Crippen molar-refractivity contribution in [3.8, 4) is 11.8 Å². The Hall–Kier alpha value is -1.82. The molecule has 0 saturated heterocycles. The summed E-state index contributed by atoms with van der Waals surface area (Å²) in [6.07, 6.45) is 3.43. The van der Waals surface area contributed by atoms with Gasteiger partial charge in [-0.3, -0.25) is 4.79 Å². The van der Waals surface area contributed by atoms with Gasteiger partial charge in [-0.2, -0.15) is 5.26 Å². The van der Waals surface area contributed by atoms with E-state index in [0.717, 1.165) is 36.1 Å². The minimum absolute atomic E-state index is 0.00172. The van der Waals surface area contributed by atoms with Gasteiger partial charge >= 0.3 is 0 Å². The van der Waals surface area contributed by atoms with Gasteiger partial charge < -0.3 is 4.74 Å². The first-order valence-corrected chi connectivity index (χ1v) is 6.70. The second kappa shape index (κ2) is 7.58. The number of nitriles is 1. The molecular weight excluding hydrogens is 238 g/mol. The Morgan fingerprint density at radius 1 is 1.42 bits per heavy atom. The highest BCUT2D eigenvalue weighted by atomic mass is 16.5. The topological polar surface area (TPSA) is 50.1 Å². The van der Waals surface area contributed by atoms with Crippen LogP contribution in [0.5, 0.6) is 5.75 Å². The standard InChI is InChI=1S/C16H21NO2/c1-4-5-6-7-15(18)14(11-17)13-9-8-12(2)16(10-13)19-3/h8-10,14H,4-7H2,1-3H3. The molecule has 0 N–H and O–H groups in total. The monoisotopic (exact) mass is 259 g/mol. The van der Waals surface area contributed by atoms with Crippen molar-refractivity contribution in [2.24, 2.45) is 0 Å². The Labute approximate surface area is 115 Å². The van der Waals surface area contributed by atoms with Crippen LogP contribution in [-0.2, 0) is 4.79 Å². The summed E-state index contributed by atoms with van der Waals surface area (Å²) >= 11 is 0. The molecule has 1 unspecified atom stereocenters. The Kier molecular flexibility index (Phi) is 6.08. The van der Waals surface area contributed by atoms with Gasteiger partial charge in [-0.15, -0.1) is 0 Å². The van der Waals surface area contributed by atoms with Crippen molar-refractivity contribution in [1.82, 2.24) is 0 Å². The molecule has 3 heteroatoms. The average Bonchev–Trinajstić information content (AvgIpc) is 2.41. The smallest absolute Gasteiger partial charge is 0.154 e. The van der Waals surface area contributed by atoms with Gasteiger partial charge in [0.05, 0.1) is 13.2 Å². The van der Waals surface area contributed by atoms with Gasteiger partial charge in [-0.1, -0.05) is 31.9 Å². The fraction of sp³-hybridized carbons (Fsp3) is 0.500. The van der Waals surface area contributed by atoms with E-state index in [0.29, 0.717) is 6.42 Å². The summed E-state index contributed by atoms with van der Waals surface area (Å²) in [5, 5.41) is 9.23. The van der Waals surface area contributed by atoms with Crippen molar-refractivity contribution in [2.45, 2.75) is 45.4 Å². The quantitative estimate of drug-likeness (QED) is 0.700. The number of hydrogen-bond donors (Lipinski definition) is 0. The van der Waals surface area contributed by atoms with E-state index in [2.05, 4.69) is 13.0 Å². The van der Waals surface area contributed by atoms with Crippen molar-refractivity contribution in [3.63, 3.8) is 0 Å². The summed E-state index contributed by atoms with van der Waals surface area (Å²) in [4.78, 5) is 12.1. The Morgan fingerprint density at radius 2 is 2.16 bits per heavy atom. The number of ether oxygens (including phenoxy) is 1. The Balaban J connectivity index is 2.85. The maximum absolute atomic E-state index is 12.1. The molecule has 19 heavy (non-hydrogen) atoms. The summed E-state index contributed by atoms with van der Waals surface area (Å²) in [6.45, 7) is 4.03. The van der Waals surface area contributed by atoms with Gasteiger partial charge in [0.15, 0.2) is 5.78 Å². The first-order valence-electron chi connectivity index (χ1n) is 6.70. The van der Waals surface area contributed by atoms with Crippen LogP contribution in [0.2, 0.25) is 0 Å². The lowest BCUT2D eigenvalue weighted by molar-refractivity contribution is -0.119. The lowest BCUT2D eigenvalue weighted by Gasteiger charge is -2.11. The number of hydrogen-bond acceptors (Lipinski definition) is 3. The largest absolute Gasteiger partial charge is 0.496 e. The molecule has 0 radical (unpaired) electrons. The predicted octanol–water partition coefficient (Wildman–Crippen LogP) is 3.76. The van der Waals surface area contributed by atoms with Crippen LogP contribution in [0.25, 0.3) is 0 Å². The van der Waals surface area contributed by atoms with Crippen molar-refractivity contribution in [3.05, 3.63) is 29.3 Å². The number of nitrogens with zero attached hydrogens (tertiary/aromatic N) is 1. The molecule has 1 rings (SSSR count). The van der Waals surface area contributed by atoms with E-state index < -0.39 is 5.92 Å². The molecule has 0 heterocycles. The molecule has 3 nitrogen and oxygen atoms in total.